The highest BCUT2D eigenvalue weighted by Crippen LogP contribution is 2.39. The van der Waals surface area contributed by atoms with Crippen LogP contribution in [0.4, 0.5) is 34.1 Å². The van der Waals surface area contributed by atoms with Crippen molar-refractivity contribution in [1.29, 1.82) is 0 Å². The molecule has 10 rings (SSSR count). The second kappa shape index (κ2) is 16.5. The zero-order chi connectivity index (χ0) is 40.1. The van der Waals surface area contributed by atoms with E-state index < -0.39 is 0 Å². The van der Waals surface area contributed by atoms with E-state index in [1.165, 1.54) is 43.8 Å². The highest BCUT2D eigenvalue weighted by molar-refractivity contribution is 5.91. The highest BCUT2D eigenvalue weighted by atomic mass is 15.1. The third-order valence-corrected chi connectivity index (χ3v) is 11.2. The molecule has 2 nitrogen and oxygen atoms in total. The molecule has 0 fully saturated rings. The molecule has 10 aromatic carbocycles. The van der Waals surface area contributed by atoms with Gasteiger partial charge in [0, 0.05) is 34.1 Å². The maximum atomic E-state index is 2.34. The minimum atomic E-state index is 1.10. The summed E-state index contributed by atoms with van der Waals surface area (Å²) < 4.78 is 0. The third-order valence-electron chi connectivity index (χ3n) is 11.2. The fourth-order valence-corrected chi connectivity index (χ4v) is 8.05. The molecule has 0 bridgehead atoms. The van der Waals surface area contributed by atoms with E-state index >= 15 is 0 Å². The first-order valence-corrected chi connectivity index (χ1v) is 20.5. The van der Waals surface area contributed by atoms with Gasteiger partial charge in [0.1, 0.15) is 0 Å². The van der Waals surface area contributed by atoms with Crippen molar-refractivity contribution in [2.45, 2.75) is 0 Å². The quantitative estimate of drug-likeness (QED) is 0.128. The molecule has 10 aromatic rings. The number of anilines is 6. The van der Waals surface area contributed by atoms with Crippen molar-refractivity contribution < 1.29 is 0 Å². The van der Waals surface area contributed by atoms with E-state index in [9.17, 15) is 0 Å². The van der Waals surface area contributed by atoms with E-state index in [1.807, 2.05) is 0 Å². The summed E-state index contributed by atoms with van der Waals surface area (Å²) >= 11 is 0. The summed E-state index contributed by atoms with van der Waals surface area (Å²) in [4.78, 5) is 4.67. The van der Waals surface area contributed by atoms with Gasteiger partial charge in [0.2, 0.25) is 0 Å². The van der Waals surface area contributed by atoms with Crippen LogP contribution in [-0.2, 0) is 0 Å². The molecule has 0 amide bonds. The van der Waals surface area contributed by atoms with Crippen molar-refractivity contribution in [2.75, 3.05) is 9.80 Å². The normalized spacial score (nSPS) is 11.3. The molecular formula is C58H42N2. The molecular weight excluding hydrogens is 725 g/mol. The maximum absolute atomic E-state index is 2.34. The van der Waals surface area contributed by atoms with Gasteiger partial charge in [-0.1, -0.05) is 182 Å². The molecule has 0 radical (unpaired) electrons. The van der Waals surface area contributed by atoms with Gasteiger partial charge in [-0.3, -0.25) is 0 Å². The van der Waals surface area contributed by atoms with Crippen molar-refractivity contribution in [2.24, 2.45) is 0 Å². The summed E-state index contributed by atoms with van der Waals surface area (Å²) in [5, 5.41) is 4.89. The van der Waals surface area contributed by atoms with E-state index in [2.05, 4.69) is 265 Å². The summed E-state index contributed by atoms with van der Waals surface area (Å²) in [6.45, 7) is 0. The topological polar surface area (TPSA) is 6.48 Å². The van der Waals surface area contributed by atoms with E-state index in [1.54, 1.807) is 0 Å². The summed E-state index contributed by atoms with van der Waals surface area (Å²) in [5.41, 5.74) is 13.8. The van der Waals surface area contributed by atoms with Gasteiger partial charge in [-0.05, 0) is 128 Å². The van der Waals surface area contributed by atoms with Crippen LogP contribution >= 0.6 is 0 Å². The third kappa shape index (κ3) is 7.70. The van der Waals surface area contributed by atoms with Crippen LogP contribution in [0.3, 0.4) is 0 Å². The van der Waals surface area contributed by atoms with Crippen LogP contribution in [0, 0.1) is 0 Å². The summed E-state index contributed by atoms with van der Waals surface area (Å²) in [7, 11) is 0. The second-order valence-corrected chi connectivity index (χ2v) is 15.1. The lowest BCUT2D eigenvalue weighted by molar-refractivity contribution is 1.29. The smallest absolute Gasteiger partial charge is 0.0468 e. The molecule has 0 aliphatic heterocycles. The molecule has 0 saturated heterocycles. The highest BCUT2D eigenvalue weighted by Gasteiger charge is 2.15. The molecule has 0 saturated carbocycles. The number of hydrogen-bond acceptors (Lipinski definition) is 2. The Labute approximate surface area is 352 Å². The minimum Gasteiger partial charge on any atom is -0.310 e. The Morgan fingerprint density at radius 1 is 0.217 bits per heavy atom. The largest absolute Gasteiger partial charge is 0.310 e. The van der Waals surface area contributed by atoms with Crippen molar-refractivity contribution in [1.82, 2.24) is 0 Å². The van der Waals surface area contributed by atoms with Crippen LogP contribution < -0.4 is 9.80 Å². The van der Waals surface area contributed by atoms with E-state index in [-0.39, 0.29) is 0 Å². The molecule has 0 unspecified atom stereocenters. The molecule has 0 atom stereocenters. The first kappa shape index (κ1) is 36.4. The van der Waals surface area contributed by atoms with E-state index in [0.717, 1.165) is 45.3 Å². The maximum Gasteiger partial charge on any atom is 0.0468 e. The van der Waals surface area contributed by atoms with E-state index in [0.29, 0.717) is 0 Å². The first-order chi connectivity index (χ1) is 29.7. The molecule has 0 N–H and O–H groups in total. The van der Waals surface area contributed by atoms with Gasteiger partial charge in [0.25, 0.3) is 0 Å². The van der Waals surface area contributed by atoms with Gasteiger partial charge >= 0.3 is 0 Å². The fourth-order valence-electron chi connectivity index (χ4n) is 8.05. The van der Waals surface area contributed by atoms with Crippen LogP contribution in [0.15, 0.2) is 243 Å². The Hall–Kier alpha value is -7.94. The lowest BCUT2D eigenvalue weighted by Crippen LogP contribution is -2.10. The Balaban J connectivity index is 0.927. The van der Waals surface area contributed by atoms with Crippen molar-refractivity contribution >= 4 is 67.8 Å². The molecule has 0 aliphatic rings. The number of rotatable bonds is 10. The van der Waals surface area contributed by atoms with Crippen LogP contribution in [0.1, 0.15) is 11.1 Å². The van der Waals surface area contributed by atoms with Crippen molar-refractivity contribution in [3.63, 3.8) is 0 Å². The second-order valence-electron chi connectivity index (χ2n) is 15.1. The summed E-state index contributed by atoms with van der Waals surface area (Å²) in [5.74, 6) is 0. The molecule has 0 heterocycles. The molecule has 0 aliphatic carbocycles. The van der Waals surface area contributed by atoms with Crippen LogP contribution in [-0.4, -0.2) is 0 Å². The predicted octanol–water partition coefficient (Wildman–Crippen LogP) is 16.4. The minimum absolute atomic E-state index is 1.10. The Morgan fingerprint density at radius 2 is 0.500 bits per heavy atom. The van der Waals surface area contributed by atoms with Crippen molar-refractivity contribution in [3.05, 3.63) is 254 Å². The molecule has 2 heteroatoms. The number of fused-ring (bicyclic) bond motifs is 2. The van der Waals surface area contributed by atoms with Gasteiger partial charge in [-0.25, -0.2) is 0 Å². The monoisotopic (exact) mass is 766 g/mol. The Morgan fingerprint density at radius 3 is 0.867 bits per heavy atom. The Bertz CT molecular complexity index is 2830. The predicted molar refractivity (Wildman–Crippen MR) is 257 cm³/mol. The fraction of sp³-hybridized carbons (Fsp3) is 0. The SMILES string of the molecule is C(=Cc1ccc(N(c2ccc(-c3ccccc3)cc2)c2ccc3ccccc3c2)cc1)c1ccc(N(c2ccc(-c3ccccc3)cc2)c2ccc3ccccc3c2)cc1. The van der Waals surface area contributed by atoms with E-state index in [4.69, 9.17) is 0 Å². The molecule has 0 spiro atoms. The average Bonchev–Trinajstić information content (AvgIpc) is 3.33. The number of hydrogen-bond donors (Lipinski definition) is 0. The van der Waals surface area contributed by atoms with Gasteiger partial charge in [0.15, 0.2) is 0 Å². The van der Waals surface area contributed by atoms with Gasteiger partial charge in [-0.2, -0.15) is 0 Å². The van der Waals surface area contributed by atoms with Gasteiger partial charge < -0.3 is 9.80 Å². The average molecular weight is 767 g/mol. The Kier molecular flexibility index (Phi) is 10.0. The standard InChI is InChI=1S/C58H42N2/c1-3-11-45(12-4-1)49-25-35-55(36-26-49)59(57-39-29-47-15-7-9-17-51(47)41-57)53-31-21-43(22-32-53)19-20-44-23-33-54(34-24-44)60(58-40-30-48-16-8-10-18-52(48)42-58)56-37-27-50(28-38-56)46-13-5-2-6-14-46/h1-42H. The lowest BCUT2D eigenvalue weighted by Gasteiger charge is -2.26. The molecule has 284 valence electrons. The summed E-state index contributed by atoms with van der Waals surface area (Å²) in [6, 6.07) is 87.0. The lowest BCUT2D eigenvalue weighted by atomic mass is 10.0. The zero-order valence-electron chi connectivity index (χ0n) is 33.1. The van der Waals surface area contributed by atoms with Gasteiger partial charge in [-0.15, -0.1) is 0 Å². The van der Waals surface area contributed by atoms with Crippen molar-refractivity contribution in [3.8, 4) is 22.3 Å². The van der Waals surface area contributed by atoms with Gasteiger partial charge in [0.05, 0.1) is 0 Å². The first-order valence-electron chi connectivity index (χ1n) is 20.5. The number of nitrogens with zero attached hydrogens (tertiary/aromatic N) is 2. The van der Waals surface area contributed by atoms with Crippen LogP contribution in [0.5, 0.6) is 0 Å². The van der Waals surface area contributed by atoms with Crippen LogP contribution in [0.2, 0.25) is 0 Å². The zero-order valence-corrected chi connectivity index (χ0v) is 33.1. The molecule has 60 heavy (non-hydrogen) atoms. The molecule has 0 aromatic heterocycles. The van der Waals surface area contributed by atoms with Crippen LogP contribution in [0.25, 0.3) is 56.0 Å². The number of benzene rings is 10. The summed E-state index contributed by atoms with van der Waals surface area (Å²) in [6.07, 6.45) is 4.38.